The number of anilines is 2. The van der Waals surface area contributed by atoms with Crippen LogP contribution < -0.4 is 15.0 Å². The van der Waals surface area contributed by atoms with Gasteiger partial charge in [0.25, 0.3) is 5.91 Å². The molecule has 1 atom stereocenters. The van der Waals surface area contributed by atoms with Gasteiger partial charge in [0.1, 0.15) is 11.5 Å². The summed E-state index contributed by atoms with van der Waals surface area (Å²) < 4.78 is 11.0. The SMILES string of the molecule is Cc1ccc(Oc2ccc(N3C[C@@H](C(=O)OCC(=O)Nc4ccc(Cl)cc4Cl)CC3=O)cc2)cc1C. The third-order valence-electron chi connectivity index (χ3n) is 5.87. The lowest BCUT2D eigenvalue weighted by atomic mass is 10.1. The van der Waals surface area contributed by atoms with Gasteiger partial charge in [-0.25, -0.2) is 0 Å². The number of hydrogen-bond acceptors (Lipinski definition) is 5. The summed E-state index contributed by atoms with van der Waals surface area (Å²) in [7, 11) is 0. The summed E-state index contributed by atoms with van der Waals surface area (Å²) in [5.41, 5.74) is 3.33. The minimum Gasteiger partial charge on any atom is -0.457 e. The molecule has 0 saturated carbocycles. The van der Waals surface area contributed by atoms with E-state index in [0.29, 0.717) is 22.1 Å². The second-order valence-corrected chi connectivity index (χ2v) is 9.37. The van der Waals surface area contributed by atoms with Crippen molar-refractivity contribution in [2.75, 3.05) is 23.4 Å². The lowest BCUT2D eigenvalue weighted by Gasteiger charge is -2.17. The molecule has 1 saturated heterocycles. The van der Waals surface area contributed by atoms with Crippen molar-refractivity contribution in [3.63, 3.8) is 0 Å². The van der Waals surface area contributed by atoms with E-state index < -0.39 is 24.4 Å². The van der Waals surface area contributed by atoms with Gasteiger partial charge in [0.15, 0.2) is 6.61 Å². The first kappa shape index (κ1) is 25.5. The molecule has 36 heavy (non-hydrogen) atoms. The molecule has 3 aromatic rings. The van der Waals surface area contributed by atoms with Gasteiger partial charge in [-0.1, -0.05) is 29.3 Å². The highest BCUT2D eigenvalue weighted by Crippen LogP contribution is 2.30. The molecule has 9 heteroatoms. The smallest absolute Gasteiger partial charge is 0.311 e. The second-order valence-electron chi connectivity index (χ2n) is 8.53. The highest BCUT2D eigenvalue weighted by molar-refractivity contribution is 6.36. The van der Waals surface area contributed by atoms with Crippen LogP contribution in [0.4, 0.5) is 11.4 Å². The Balaban J connectivity index is 1.30. The van der Waals surface area contributed by atoms with Gasteiger partial charge >= 0.3 is 5.97 Å². The van der Waals surface area contributed by atoms with Crippen LogP contribution in [-0.2, 0) is 19.1 Å². The molecule has 0 unspecified atom stereocenters. The molecule has 1 heterocycles. The van der Waals surface area contributed by atoms with E-state index in [0.717, 1.165) is 11.3 Å². The minimum absolute atomic E-state index is 0.00432. The summed E-state index contributed by atoms with van der Waals surface area (Å²) >= 11 is 11.9. The molecule has 0 spiro atoms. The van der Waals surface area contributed by atoms with Crippen LogP contribution in [0.5, 0.6) is 11.5 Å². The van der Waals surface area contributed by atoms with Crippen molar-refractivity contribution in [2.45, 2.75) is 20.3 Å². The van der Waals surface area contributed by atoms with Crippen LogP contribution in [0, 0.1) is 19.8 Å². The largest absolute Gasteiger partial charge is 0.457 e. The highest BCUT2D eigenvalue weighted by atomic mass is 35.5. The standard InChI is InChI=1S/C27H24Cl2N2O5/c1-16-3-7-22(11-17(16)2)36-21-8-5-20(6-9-21)31-14-18(12-26(31)33)27(34)35-15-25(32)30-24-10-4-19(28)13-23(24)29/h3-11,13,18H,12,14-15H2,1-2H3,(H,30,32)/t18-/m0/s1. The van der Waals surface area contributed by atoms with Gasteiger partial charge in [-0.3, -0.25) is 14.4 Å². The number of amides is 2. The molecule has 186 valence electrons. The fourth-order valence-corrected chi connectivity index (χ4v) is 4.21. The molecule has 7 nitrogen and oxygen atoms in total. The highest BCUT2D eigenvalue weighted by Gasteiger charge is 2.36. The third kappa shape index (κ3) is 6.17. The van der Waals surface area contributed by atoms with E-state index in [4.69, 9.17) is 32.7 Å². The number of esters is 1. The van der Waals surface area contributed by atoms with Gasteiger partial charge in [0.05, 0.1) is 16.6 Å². The average Bonchev–Trinajstić information content (AvgIpc) is 3.24. The van der Waals surface area contributed by atoms with Gasteiger partial charge in [-0.2, -0.15) is 0 Å². The predicted molar refractivity (Wildman–Crippen MR) is 139 cm³/mol. The van der Waals surface area contributed by atoms with Crippen LogP contribution in [0.15, 0.2) is 60.7 Å². The Morgan fingerprint density at radius 2 is 1.69 bits per heavy atom. The Hall–Kier alpha value is -3.55. The maximum absolute atomic E-state index is 12.6. The van der Waals surface area contributed by atoms with E-state index in [1.165, 1.54) is 16.5 Å². The van der Waals surface area contributed by atoms with Crippen molar-refractivity contribution in [1.29, 1.82) is 0 Å². The van der Waals surface area contributed by atoms with E-state index in [1.807, 2.05) is 32.0 Å². The number of hydrogen-bond donors (Lipinski definition) is 1. The van der Waals surface area contributed by atoms with E-state index >= 15 is 0 Å². The van der Waals surface area contributed by atoms with Crippen LogP contribution in [0.25, 0.3) is 0 Å². The number of carbonyl (C=O) groups excluding carboxylic acids is 3. The van der Waals surface area contributed by atoms with Gasteiger partial charge < -0.3 is 19.7 Å². The second kappa shape index (κ2) is 11.0. The fraction of sp³-hybridized carbons (Fsp3) is 0.222. The first-order chi connectivity index (χ1) is 17.2. The summed E-state index contributed by atoms with van der Waals surface area (Å²) in [6, 6.07) is 17.6. The van der Waals surface area contributed by atoms with Crippen molar-refractivity contribution < 1.29 is 23.9 Å². The molecule has 4 rings (SSSR count). The Morgan fingerprint density at radius 1 is 0.972 bits per heavy atom. The Morgan fingerprint density at radius 3 is 2.39 bits per heavy atom. The first-order valence-corrected chi connectivity index (χ1v) is 12.0. The number of ether oxygens (including phenoxy) is 2. The maximum atomic E-state index is 12.6. The summed E-state index contributed by atoms with van der Waals surface area (Å²) in [5, 5.41) is 3.26. The molecule has 1 N–H and O–H groups in total. The minimum atomic E-state index is -0.670. The molecular weight excluding hydrogens is 503 g/mol. The number of nitrogens with one attached hydrogen (secondary N) is 1. The van der Waals surface area contributed by atoms with E-state index in [9.17, 15) is 14.4 Å². The molecule has 2 amide bonds. The fourth-order valence-electron chi connectivity index (χ4n) is 3.75. The first-order valence-electron chi connectivity index (χ1n) is 11.3. The molecule has 1 aliphatic heterocycles. The van der Waals surface area contributed by atoms with E-state index in [2.05, 4.69) is 5.32 Å². The Labute approximate surface area is 218 Å². The summed E-state index contributed by atoms with van der Waals surface area (Å²) in [5.74, 6) is -0.663. The van der Waals surface area contributed by atoms with E-state index in [-0.39, 0.29) is 23.9 Å². The van der Waals surface area contributed by atoms with Crippen LogP contribution >= 0.6 is 23.2 Å². The maximum Gasteiger partial charge on any atom is 0.311 e. The predicted octanol–water partition coefficient (Wildman–Crippen LogP) is 5.94. The molecule has 0 bridgehead atoms. The van der Waals surface area contributed by atoms with Crippen LogP contribution in [-0.4, -0.2) is 30.9 Å². The molecule has 0 aliphatic carbocycles. The van der Waals surface area contributed by atoms with E-state index in [1.54, 1.807) is 36.4 Å². The summed E-state index contributed by atoms with van der Waals surface area (Å²) in [6.45, 7) is 3.73. The molecule has 0 radical (unpaired) electrons. The van der Waals surface area contributed by atoms with Gasteiger partial charge in [-0.15, -0.1) is 0 Å². The zero-order valence-corrected chi connectivity index (χ0v) is 21.2. The van der Waals surface area contributed by atoms with Crippen LogP contribution in [0.2, 0.25) is 10.0 Å². The quantitative estimate of drug-likeness (QED) is 0.385. The average molecular weight is 527 g/mol. The molecule has 0 aromatic heterocycles. The third-order valence-corrected chi connectivity index (χ3v) is 6.42. The monoisotopic (exact) mass is 526 g/mol. The van der Waals surface area contributed by atoms with Crippen molar-refractivity contribution >= 4 is 52.4 Å². The van der Waals surface area contributed by atoms with Crippen molar-refractivity contribution in [2.24, 2.45) is 5.92 Å². The van der Waals surface area contributed by atoms with Crippen molar-refractivity contribution in [3.05, 3.63) is 81.8 Å². The lowest BCUT2D eigenvalue weighted by Crippen LogP contribution is -2.28. The normalized spacial score (nSPS) is 15.1. The van der Waals surface area contributed by atoms with Crippen molar-refractivity contribution in [3.8, 4) is 11.5 Å². The van der Waals surface area contributed by atoms with Gasteiger partial charge in [-0.05, 0) is 79.6 Å². The number of nitrogens with zero attached hydrogens (tertiary/aromatic N) is 1. The molecule has 1 aliphatic rings. The van der Waals surface area contributed by atoms with Crippen molar-refractivity contribution in [1.82, 2.24) is 0 Å². The summed E-state index contributed by atoms with van der Waals surface area (Å²) in [6.07, 6.45) is 0.00432. The molecule has 3 aromatic carbocycles. The van der Waals surface area contributed by atoms with Gasteiger partial charge in [0.2, 0.25) is 5.91 Å². The number of benzene rings is 3. The molecule has 1 fully saturated rings. The number of halogens is 2. The number of rotatable bonds is 7. The zero-order valence-electron chi connectivity index (χ0n) is 19.7. The van der Waals surface area contributed by atoms with Crippen LogP contribution in [0.1, 0.15) is 17.5 Å². The molecular formula is C27H24Cl2N2O5. The Kier molecular flexibility index (Phi) is 7.82. The topological polar surface area (TPSA) is 84.9 Å². The number of aryl methyl sites for hydroxylation is 2. The summed E-state index contributed by atoms with van der Waals surface area (Å²) in [4.78, 5) is 38.7. The van der Waals surface area contributed by atoms with Gasteiger partial charge in [0, 0.05) is 23.7 Å². The lowest BCUT2D eigenvalue weighted by molar-refractivity contribution is -0.151. The Bertz CT molecular complexity index is 1310. The van der Waals surface area contributed by atoms with Crippen LogP contribution in [0.3, 0.4) is 0 Å². The zero-order chi connectivity index (χ0) is 25.8. The number of carbonyl (C=O) groups is 3.